The van der Waals surface area contributed by atoms with Gasteiger partial charge in [0.25, 0.3) is 0 Å². The average molecular weight is 319 g/mol. The highest BCUT2D eigenvalue weighted by molar-refractivity contribution is 7.10. The number of hydrogen-bond donors (Lipinski definition) is 2. The smallest absolute Gasteiger partial charge is 0.225 e. The van der Waals surface area contributed by atoms with Crippen LogP contribution in [-0.4, -0.2) is 45.1 Å². The van der Waals surface area contributed by atoms with E-state index in [2.05, 4.69) is 25.4 Å². The molecule has 7 heteroatoms. The first-order valence-corrected chi connectivity index (χ1v) is 8.49. The molecule has 2 aromatic rings. The minimum absolute atomic E-state index is 0.114. The van der Waals surface area contributed by atoms with Gasteiger partial charge in [-0.05, 0) is 37.8 Å². The quantitative estimate of drug-likeness (QED) is 0.876. The number of amides is 1. The Kier molecular flexibility index (Phi) is 4.84. The third-order valence-electron chi connectivity index (χ3n) is 3.79. The number of carbonyl (C=O) groups is 1. The van der Waals surface area contributed by atoms with E-state index in [4.69, 9.17) is 0 Å². The van der Waals surface area contributed by atoms with Crippen LogP contribution in [0, 0.1) is 6.92 Å². The van der Waals surface area contributed by atoms with Gasteiger partial charge in [-0.3, -0.25) is 14.8 Å². The van der Waals surface area contributed by atoms with Crippen LogP contribution in [0.1, 0.15) is 29.4 Å². The second-order valence-corrected chi connectivity index (χ2v) is 6.77. The van der Waals surface area contributed by atoms with E-state index >= 15 is 0 Å². The number of likely N-dealkylation sites (tertiary alicyclic amines) is 1. The molecule has 1 unspecified atom stereocenters. The van der Waals surface area contributed by atoms with Crippen LogP contribution in [0.3, 0.4) is 0 Å². The Labute approximate surface area is 133 Å². The van der Waals surface area contributed by atoms with Gasteiger partial charge in [0.05, 0.1) is 13.0 Å². The molecule has 1 fully saturated rings. The van der Waals surface area contributed by atoms with E-state index in [9.17, 15) is 4.79 Å². The number of piperidine rings is 1. The number of H-pyrrole nitrogens is 1. The number of rotatable bonds is 5. The molecule has 6 nitrogen and oxygen atoms in total. The van der Waals surface area contributed by atoms with Crippen LogP contribution in [0.25, 0.3) is 0 Å². The van der Waals surface area contributed by atoms with Crippen LogP contribution in [0.15, 0.2) is 17.5 Å². The molecular weight excluding hydrogens is 298 g/mol. The van der Waals surface area contributed by atoms with E-state index in [1.807, 2.05) is 24.4 Å². The number of hydrogen-bond acceptors (Lipinski definition) is 5. The summed E-state index contributed by atoms with van der Waals surface area (Å²) >= 11 is 1.63. The van der Waals surface area contributed by atoms with Gasteiger partial charge >= 0.3 is 0 Å². The van der Waals surface area contributed by atoms with Gasteiger partial charge in [0.15, 0.2) is 5.82 Å². The minimum atomic E-state index is 0.114. The Morgan fingerprint density at radius 2 is 2.50 bits per heavy atom. The summed E-state index contributed by atoms with van der Waals surface area (Å²) in [6.07, 6.45) is 2.61. The average Bonchev–Trinajstić information content (AvgIpc) is 3.11. The molecule has 0 spiro atoms. The lowest BCUT2D eigenvalue weighted by Crippen LogP contribution is -2.47. The third kappa shape index (κ3) is 4.14. The molecule has 2 aromatic heterocycles. The van der Waals surface area contributed by atoms with Crippen molar-refractivity contribution in [3.8, 4) is 0 Å². The van der Waals surface area contributed by atoms with E-state index in [0.717, 1.165) is 49.0 Å². The fourth-order valence-electron chi connectivity index (χ4n) is 2.83. The SMILES string of the molecule is Cc1nc(CN2CCCC(NC(=O)Cc3cccs3)C2)n[nH]1. The first-order chi connectivity index (χ1) is 10.7. The van der Waals surface area contributed by atoms with Crippen molar-refractivity contribution in [2.45, 2.75) is 38.8 Å². The molecule has 1 saturated heterocycles. The largest absolute Gasteiger partial charge is 0.352 e. The lowest BCUT2D eigenvalue weighted by molar-refractivity contribution is -0.121. The molecule has 0 saturated carbocycles. The molecule has 1 amide bonds. The predicted molar refractivity (Wildman–Crippen MR) is 85.6 cm³/mol. The number of aromatic amines is 1. The Bertz CT molecular complexity index is 609. The van der Waals surface area contributed by atoms with Crippen molar-refractivity contribution in [1.82, 2.24) is 25.4 Å². The fraction of sp³-hybridized carbons (Fsp3) is 0.533. The predicted octanol–water partition coefficient (Wildman–Crippen LogP) is 1.50. The minimum Gasteiger partial charge on any atom is -0.352 e. The van der Waals surface area contributed by atoms with Gasteiger partial charge in [-0.2, -0.15) is 5.10 Å². The van der Waals surface area contributed by atoms with Crippen molar-refractivity contribution >= 4 is 17.2 Å². The zero-order valence-electron chi connectivity index (χ0n) is 12.7. The van der Waals surface area contributed by atoms with Gasteiger partial charge in [-0.15, -0.1) is 11.3 Å². The molecule has 1 aliphatic heterocycles. The van der Waals surface area contributed by atoms with Crippen LogP contribution < -0.4 is 5.32 Å². The molecule has 0 aliphatic carbocycles. The van der Waals surface area contributed by atoms with Crippen molar-refractivity contribution < 1.29 is 4.79 Å². The van der Waals surface area contributed by atoms with Crippen molar-refractivity contribution in [2.24, 2.45) is 0 Å². The fourth-order valence-corrected chi connectivity index (χ4v) is 3.53. The molecule has 0 aromatic carbocycles. The summed E-state index contributed by atoms with van der Waals surface area (Å²) in [6.45, 7) is 4.54. The standard InChI is InChI=1S/C15H21N5OS/c1-11-16-14(19-18-11)10-20-6-2-4-12(9-20)17-15(21)8-13-5-3-7-22-13/h3,5,7,12H,2,4,6,8-10H2,1H3,(H,17,21)(H,16,18,19). The Balaban J connectivity index is 1.48. The van der Waals surface area contributed by atoms with Crippen LogP contribution >= 0.6 is 11.3 Å². The molecular formula is C15H21N5OS. The maximum absolute atomic E-state index is 12.1. The summed E-state index contributed by atoms with van der Waals surface area (Å²) in [5, 5.41) is 12.2. The van der Waals surface area contributed by atoms with Crippen LogP contribution in [0.4, 0.5) is 0 Å². The summed E-state index contributed by atoms with van der Waals surface area (Å²) in [6, 6.07) is 4.21. The van der Waals surface area contributed by atoms with Gasteiger partial charge in [0.1, 0.15) is 5.82 Å². The van der Waals surface area contributed by atoms with Gasteiger partial charge < -0.3 is 5.32 Å². The number of nitrogens with zero attached hydrogens (tertiary/aromatic N) is 3. The topological polar surface area (TPSA) is 73.9 Å². The van der Waals surface area contributed by atoms with Gasteiger partial charge in [-0.1, -0.05) is 6.07 Å². The number of thiophene rings is 1. The maximum atomic E-state index is 12.1. The molecule has 22 heavy (non-hydrogen) atoms. The Morgan fingerprint density at radius 1 is 1.59 bits per heavy atom. The highest BCUT2D eigenvalue weighted by Gasteiger charge is 2.22. The summed E-state index contributed by atoms with van der Waals surface area (Å²) in [5.74, 6) is 1.78. The zero-order chi connectivity index (χ0) is 15.4. The monoisotopic (exact) mass is 319 g/mol. The highest BCUT2D eigenvalue weighted by Crippen LogP contribution is 2.13. The van der Waals surface area contributed by atoms with Crippen molar-refractivity contribution in [1.29, 1.82) is 0 Å². The molecule has 1 atom stereocenters. The van der Waals surface area contributed by atoms with Crippen LogP contribution in [-0.2, 0) is 17.8 Å². The lowest BCUT2D eigenvalue weighted by Gasteiger charge is -2.32. The normalized spacial score (nSPS) is 19.2. The third-order valence-corrected chi connectivity index (χ3v) is 4.67. The summed E-state index contributed by atoms with van der Waals surface area (Å²) in [7, 11) is 0. The number of carbonyl (C=O) groups excluding carboxylic acids is 1. The Hall–Kier alpha value is -1.73. The van der Waals surface area contributed by atoms with Crippen LogP contribution in [0.5, 0.6) is 0 Å². The molecule has 3 heterocycles. The van der Waals surface area contributed by atoms with Crippen molar-refractivity contribution in [2.75, 3.05) is 13.1 Å². The zero-order valence-corrected chi connectivity index (χ0v) is 13.5. The van der Waals surface area contributed by atoms with E-state index in [1.165, 1.54) is 0 Å². The first kappa shape index (κ1) is 15.2. The first-order valence-electron chi connectivity index (χ1n) is 7.61. The second-order valence-electron chi connectivity index (χ2n) is 5.73. The van der Waals surface area contributed by atoms with E-state index in [0.29, 0.717) is 6.42 Å². The summed E-state index contributed by atoms with van der Waals surface area (Å²) < 4.78 is 0. The number of aryl methyl sites for hydroxylation is 1. The van der Waals surface area contributed by atoms with E-state index < -0.39 is 0 Å². The molecule has 3 rings (SSSR count). The molecule has 0 radical (unpaired) electrons. The maximum Gasteiger partial charge on any atom is 0.225 e. The lowest BCUT2D eigenvalue weighted by atomic mass is 10.1. The summed E-state index contributed by atoms with van der Waals surface area (Å²) in [5.41, 5.74) is 0. The second kappa shape index (κ2) is 7.02. The molecule has 1 aliphatic rings. The molecule has 2 N–H and O–H groups in total. The Morgan fingerprint density at radius 3 is 3.23 bits per heavy atom. The highest BCUT2D eigenvalue weighted by atomic mass is 32.1. The molecule has 0 bridgehead atoms. The van der Waals surface area contributed by atoms with Gasteiger partial charge in [0, 0.05) is 17.5 Å². The molecule has 118 valence electrons. The van der Waals surface area contributed by atoms with Gasteiger partial charge in [-0.25, -0.2) is 4.98 Å². The summed E-state index contributed by atoms with van der Waals surface area (Å²) in [4.78, 5) is 19.9. The van der Waals surface area contributed by atoms with E-state index in [-0.39, 0.29) is 11.9 Å². The van der Waals surface area contributed by atoms with E-state index in [1.54, 1.807) is 11.3 Å². The number of aromatic nitrogens is 3. The van der Waals surface area contributed by atoms with Gasteiger partial charge in [0.2, 0.25) is 5.91 Å². The van der Waals surface area contributed by atoms with Crippen LogP contribution in [0.2, 0.25) is 0 Å². The number of nitrogens with one attached hydrogen (secondary N) is 2. The van der Waals surface area contributed by atoms with Crippen molar-refractivity contribution in [3.63, 3.8) is 0 Å². The van der Waals surface area contributed by atoms with Crippen molar-refractivity contribution in [3.05, 3.63) is 34.0 Å².